The summed E-state index contributed by atoms with van der Waals surface area (Å²) in [7, 11) is 0. The van der Waals surface area contributed by atoms with Gasteiger partial charge in [0.25, 0.3) is 0 Å². The summed E-state index contributed by atoms with van der Waals surface area (Å²) in [6.45, 7) is 8.24. The van der Waals surface area contributed by atoms with Crippen LogP contribution in [0, 0.1) is 13.8 Å². The van der Waals surface area contributed by atoms with Crippen molar-refractivity contribution in [2.24, 2.45) is 0 Å². The van der Waals surface area contributed by atoms with Gasteiger partial charge >= 0.3 is 0 Å². The average Bonchev–Trinajstić information content (AvgIpc) is 2.58. The van der Waals surface area contributed by atoms with Crippen LogP contribution in [0.15, 0.2) is 28.7 Å². The smallest absolute Gasteiger partial charge is 0.192 e. The van der Waals surface area contributed by atoms with Crippen molar-refractivity contribution in [3.8, 4) is 11.3 Å². The minimum atomic E-state index is 0.562. The molecule has 0 aliphatic heterocycles. The number of hydrogen-bond acceptors (Lipinski definition) is 2. The van der Waals surface area contributed by atoms with E-state index in [1.165, 1.54) is 5.56 Å². The highest BCUT2D eigenvalue weighted by atomic mass is 16.4. The Morgan fingerprint density at radius 1 is 1.06 bits per heavy atom. The molecule has 0 N–H and O–H groups in total. The summed E-state index contributed by atoms with van der Waals surface area (Å²) < 4.78 is 5.59. The zero-order valence-electron chi connectivity index (χ0n) is 10.2. The second kappa shape index (κ2) is 4.12. The molecule has 0 atom stereocenters. The van der Waals surface area contributed by atoms with Gasteiger partial charge in [-0.25, -0.2) is 4.98 Å². The van der Waals surface area contributed by atoms with Crippen LogP contribution < -0.4 is 0 Å². The van der Waals surface area contributed by atoms with E-state index in [0.29, 0.717) is 5.92 Å². The van der Waals surface area contributed by atoms with Gasteiger partial charge in [0.1, 0.15) is 0 Å². The highest BCUT2D eigenvalue weighted by Crippen LogP contribution is 2.26. The number of nitrogens with zero attached hydrogens (tertiary/aromatic N) is 1. The monoisotopic (exact) mass is 215 g/mol. The zero-order valence-corrected chi connectivity index (χ0v) is 10.2. The van der Waals surface area contributed by atoms with Gasteiger partial charge in [-0.3, -0.25) is 0 Å². The van der Waals surface area contributed by atoms with Crippen LogP contribution in [0.2, 0.25) is 0 Å². The van der Waals surface area contributed by atoms with Gasteiger partial charge in [0.05, 0.1) is 5.69 Å². The van der Waals surface area contributed by atoms with Crippen molar-refractivity contribution in [3.05, 3.63) is 41.4 Å². The van der Waals surface area contributed by atoms with Crippen molar-refractivity contribution in [1.29, 1.82) is 0 Å². The molecule has 0 aliphatic rings. The first-order valence-electron chi connectivity index (χ1n) is 5.62. The Morgan fingerprint density at radius 2 is 1.69 bits per heavy atom. The van der Waals surface area contributed by atoms with E-state index in [0.717, 1.165) is 22.9 Å². The van der Waals surface area contributed by atoms with Crippen LogP contribution in [-0.4, -0.2) is 4.98 Å². The van der Waals surface area contributed by atoms with Crippen LogP contribution in [0.3, 0.4) is 0 Å². The highest BCUT2D eigenvalue weighted by Gasteiger charge is 2.09. The molecule has 1 heterocycles. The molecule has 1 aromatic heterocycles. The lowest BCUT2D eigenvalue weighted by atomic mass is 10.0. The van der Waals surface area contributed by atoms with Gasteiger partial charge in [-0.2, -0.15) is 0 Å². The Bertz CT molecular complexity index is 480. The van der Waals surface area contributed by atoms with Crippen LogP contribution in [0.1, 0.15) is 36.9 Å². The predicted octanol–water partition coefficient (Wildman–Crippen LogP) is 4.08. The predicted molar refractivity (Wildman–Crippen MR) is 65.5 cm³/mol. The molecule has 0 amide bonds. The maximum atomic E-state index is 5.59. The summed E-state index contributed by atoms with van der Waals surface area (Å²) >= 11 is 0. The van der Waals surface area contributed by atoms with E-state index < -0.39 is 0 Å². The molecular weight excluding hydrogens is 198 g/mol. The summed E-state index contributed by atoms with van der Waals surface area (Å²) in [6.07, 6.45) is 0. The molecule has 16 heavy (non-hydrogen) atoms. The maximum absolute atomic E-state index is 5.59. The minimum Gasteiger partial charge on any atom is -0.441 e. The molecule has 1 aromatic carbocycles. The molecular formula is C14H17NO. The molecule has 2 rings (SSSR count). The van der Waals surface area contributed by atoms with Crippen LogP contribution in [0.4, 0.5) is 0 Å². The number of hydrogen-bond donors (Lipinski definition) is 0. The Hall–Kier alpha value is -1.57. The minimum absolute atomic E-state index is 0.562. The number of rotatable bonds is 2. The van der Waals surface area contributed by atoms with E-state index in [1.54, 1.807) is 0 Å². The van der Waals surface area contributed by atoms with Crippen molar-refractivity contribution in [3.63, 3.8) is 0 Å². The Morgan fingerprint density at radius 3 is 2.12 bits per heavy atom. The fraction of sp³-hybridized carbons (Fsp3) is 0.357. The number of aromatic nitrogens is 1. The molecule has 0 aliphatic carbocycles. The molecule has 0 bridgehead atoms. The van der Waals surface area contributed by atoms with Gasteiger partial charge in [-0.15, -0.1) is 0 Å². The third kappa shape index (κ3) is 2.01. The van der Waals surface area contributed by atoms with Crippen molar-refractivity contribution < 1.29 is 4.42 Å². The summed E-state index contributed by atoms with van der Waals surface area (Å²) in [6, 6.07) is 8.50. The molecule has 2 nitrogen and oxygen atoms in total. The first kappa shape index (κ1) is 10.9. The zero-order chi connectivity index (χ0) is 11.7. The van der Waals surface area contributed by atoms with Gasteiger partial charge in [0.15, 0.2) is 11.7 Å². The highest BCUT2D eigenvalue weighted by molar-refractivity contribution is 5.60. The lowest BCUT2D eigenvalue weighted by molar-refractivity contribution is 0.534. The van der Waals surface area contributed by atoms with E-state index >= 15 is 0 Å². The van der Waals surface area contributed by atoms with Crippen molar-refractivity contribution in [2.45, 2.75) is 33.6 Å². The quantitative estimate of drug-likeness (QED) is 0.754. The number of aryl methyl sites for hydroxylation is 2. The maximum Gasteiger partial charge on any atom is 0.192 e. The van der Waals surface area contributed by atoms with Gasteiger partial charge in [-0.05, 0) is 18.4 Å². The van der Waals surface area contributed by atoms with Crippen LogP contribution >= 0.6 is 0 Å². The number of oxazole rings is 1. The second-order valence-corrected chi connectivity index (χ2v) is 4.42. The molecule has 0 spiro atoms. The molecule has 0 radical (unpaired) electrons. The Balaban J connectivity index is 2.38. The van der Waals surface area contributed by atoms with E-state index in [4.69, 9.17) is 4.42 Å². The summed E-state index contributed by atoms with van der Waals surface area (Å²) in [4.78, 5) is 4.28. The summed E-state index contributed by atoms with van der Waals surface area (Å²) in [5.74, 6) is 2.17. The molecule has 2 heteroatoms. The molecule has 2 aromatic rings. The van der Waals surface area contributed by atoms with Crippen molar-refractivity contribution >= 4 is 0 Å². The normalized spacial score (nSPS) is 11.1. The topological polar surface area (TPSA) is 26.0 Å². The summed E-state index contributed by atoms with van der Waals surface area (Å²) in [5, 5.41) is 0. The second-order valence-electron chi connectivity index (χ2n) is 4.42. The fourth-order valence-electron chi connectivity index (χ4n) is 1.82. The van der Waals surface area contributed by atoms with Gasteiger partial charge in [0.2, 0.25) is 0 Å². The van der Waals surface area contributed by atoms with Gasteiger partial charge < -0.3 is 4.42 Å². The molecule has 0 saturated heterocycles. The first-order valence-corrected chi connectivity index (χ1v) is 5.62. The van der Waals surface area contributed by atoms with Crippen LogP contribution in [0.25, 0.3) is 11.3 Å². The Labute approximate surface area is 96.3 Å². The van der Waals surface area contributed by atoms with E-state index in [1.807, 2.05) is 13.8 Å². The molecule has 0 saturated carbocycles. The summed E-state index contributed by atoms with van der Waals surface area (Å²) in [5.41, 5.74) is 3.40. The van der Waals surface area contributed by atoms with Gasteiger partial charge in [-0.1, -0.05) is 38.1 Å². The standard InChI is InChI=1S/C14H17NO/c1-9(2)12-5-7-13(8-6-12)14-10(3)15-11(4)16-14/h5-9H,1-4H3. The van der Waals surface area contributed by atoms with Crippen molar-refractivity contribution in [2.75, 3.05) is 0 Å². The van der Waals surface area contributed by atoms with E-state index in [9.17, 15) is 0 Å². The number of benzene rings is 1. The fourth-order valence-corrected chi connectivity index (χ4v) is 1.82. The van der Waals surface area contributed by atoms with Gasteiger partial charge in [0, 0.05) is 12.5 Å². The third-order valence-electron chi connectivity index (χ3n) is 2.74. The van der Waals surface area contributed by atoms with E-state index in [-0.39, 0.29) is 0 Å². The first-order chi connectivity index (χ1) is 7.58. The SMILES string of the molecule is Cc1nc(C)c(-c2ccc(C(C)C)cc2)o1. The molecule has 0 fully saturated rings. The Kier molecular flexibility index (Phi) is 2.82. The largest absolute Gasteiger partial charge is 0.441 e. The lowest BCUT2D eigenvalue weighted by Crippen LogP contribution is -1.86. The van der Waals surface area contributed by atoms with Crippen LogP contribution in [-0.2, 0) is 0 Å². The lowest BCUT2D eigenvalue weighted by Gasteiger charge is -2.05. The van der Waals surface area contributed by atoms with E-state index in [2.05, 4.69) is 43.1 Å². The van der Waals surface area contributed by atoms with Crippen molar-refractivity contribution in [1.82, 2.24) is 4.98 Å². The molecule has 84 valence electrons. The average molecular weight is 215 g/mol. The van der Waals surface area contributed by atoms with Crippen LogP contribution in [0.5, 0.6) is 0 Å². The third-order valence-corrected chi connectivity index (χ3v) is 2.74. The molecule has 0 unspecified atom stereocenters.